The molecule has 0 aliphatic carbocycles. The van der Waals surface area contributed by atoms with Crippen molar-refractivity contribution in [3.8, 4) is 0 Å². The van der Waals surface area contributed by atoms with Gasteiger partial charge in [0, 0.05) is 19.5 Å². The molecular weight excluding hydrogens is 188 g/mol. The number of nitrogens with zero attached hydrogens (tertiary/aromatic N) is 1. The van der Waals surface area contributed by atoms with E-state index in [1.54, 1.807) is 0 Å². The SMILES string of the molecule is CCCCN(CC)C(=O)CCCCCN. The number of amides is 1. The maximum absolute atomic E-state index is 11.7. The Kier molecular flexibility index (Phi) is 9.59. The van der Waals surface area contributed by atoms with Crippen LogP contribution in [0.1, 0.15) is 52.4 Å². The second-order valence-electron chi connectivity index (χ2n) is 3.93. The lowest BCUT2D eigenvalue weighted by Gasteiger charge is -2.20. The van der Waals surface area contributed by atoms with Gasteiger partial charge in [-0.1, -0.05) is 19.8 Å². The summed E-state index contributed by atoms with van der Waals surface area (Å²) in [5, 5.41) is 0. The molecule has 0 aromatic heterocycles. The van der Waals surface area contributed by atoms with Crippen LogP contribution < -0.4 is 5.73 Å². The Balaban J connectivity index is 3.63. The van der Waals surface area contributed by atoms with Crippen LogP contribution in [-0.2, 0) is 4.79 Å². The Morgan fingerprint density at radius 3 is 2.40 bits per heavy atom. The van der Waals surface area contributed by atoms with Crippen LogP contribution >= 0.6 is 0 Å². The van der Waals surface area contributed by atoms with Gasteiger partial charge in [-0.15, -0.1) is 0 Å². The fourth-order valence-corrected chi connectivity index (χ4v) is 1.56. The van der Waals surface area contributed by atoms with E-state index < -0.39 is 0 Å². The van der Waals surface area contributed by atoms with E-state index in [9.17, 15) is 4.79 Å². The predicted molar refractivity (Wildman–Crippen MR) is 64.7 cm³/mol. The summed E-state index contributed by atoms with van der Waals surface area (Å²) in [4.78, 5) is 13.7. The van der Waals surface area contributed by atoms with Gasteiger partial charge in [0.25, 0.3) is 0 Å². The lowest BCUT2D eigenvalue weighted by Crippen LogP contribution is -2.31. The quantitative estimate of drug-likeness (QED) is 0.598. The van der Waals surface area contributed by atoms with Crippen molar-refractivity contribution in [3.63, 3.8) is 0 Å². The highest BCUT2D eigenvalue weighted by atomic mass is 16.2. The van der Waals surface area contributed by atoms with E-state index in [1.165, 1.54) is 0 Å². The minimum absolute atomic E-state index is 0.308. The van der Waals surface area contributed by atoms with E-state index in [4.69, 9.17) is 5.73 Å². The van der Waals surface area contributed by atoms with Crippen LogP contribution in [0.2, 0.25) is 0 Å². The predicted octanol–water partition coefficient (Wildman–Crippen LogP) is 2.15. The largest absolute Gasteiger partial charge is 0.343 e. The number of hydrogen-bond donors (Lipinski definition) is 1. The topological polar surface area (TPSA) is 46.3 Å². The van der Waals surface area contributed by atoms with Crippen molar-refractivity contribution in [3.05, 3.63) is 0 Å². The molecular formula is C12H26N2O. The molecule has 0 bridgehead atoms. The fraction of sp³-hybridized carbons (Fsp3) is 0.917. The Labute approximate surface area is 94.0 Å². The summed E-state index contributed by atoms with van der Waals surface area (Å²) in [7, 11) is 0. The Bertz CT molecular complexity index is 160. The molecule has 0 aliphatic rings. The number of unbranched alkanes of at least 4 members (excludes halogenated alkanes) is 3. The highest BCUT2D eigenvalue weighted by molar-refractivity contribution is 5.76. The van der Waals surface area contributed by atoms with Crippen molar-refractivity contribution in [2.24, 2.45) is 5.73 Å². The van der Waals surface area contributed by atoms with Gasteiger partial charge in [0.15, 0.2) is 0 Å². The molecule has 0 fully saturated rings. The third-order valence-corrected chi connectivity index (χ3v) is 2.61. The van der Waals surface area contributed by atoms with Gasteiger partial charge in [0.2, 0.25) is 5.91 Å². The maximum atomic E-state index is 11.7. The zero-order chi connectivity index (χ0) is 11.5. The molecule has 0 aromatic carbocycles. The van der Waals surface area contributed by atoms with Crippen LogP contribution in [0.15, 0.2) is 0 Å². The van der Waals surface area contributed by atoms with E-state index in [2.05, 4.69) is 6.92 Å². The molecule has 0 radical (unpaired) electrons. The lowest BCUT2D eigenvalue weighted by molar-refractivity contribution is -0.131. The van der Waals surface area contributed by atoms with Gasteiger partial charge >= 0.3 is 0 Å². The monoisotopic (exact) mass is 214 g/mol. The molecule has 0 atom stereocenters. The molecule has 0 rings (SSSR count). The number of carbonyl (C=O) groups is 1. The molecule has 0 aromatic rings. The second-order valence-corrected chi connectivity index (χ2v) is 3.93. The van der Waals surface area contributed by atoms with Crippen LogP contribution in [0.5, 0.6) is 0 Å². The summed E-state index contributed by atoms with van der Waals surface area (Å²) in [5.41, 5.74) is 5.40. The van der Waals surface area contributed by atoms with Gasteiger partial charge in [-0.3, -0.25) is 4.79 Å². The van der Waals surface area contributed by atoms with Crippen LogP contribution in [0.3, 0.4) is 0 Å². The molecule has 0 saturated heterocycles. The molecule has 90 valence electrons. The summed E-state index contributed by atoms with van der Waals surface area (Å²) in [6.07, 6.45) is 6.05. The second kappa shape index (κ2) is 9.97. The van der Waals surface area contributed by atoms with E-state index in [-0.39, 0.29) is 0 Å². The molecule has 15 heavy (non-hydrogen) atoms. The van der Waals surface area contributed by atoms with E-state index in [1.807, 2.05) is 11.8 Å². The Hall–Kier alpha value is -0.570. The van der Waals surface area contributed by atoms with Crippen LogP contribution in [0, 0.1) is 0 Å². The smallest absolute Gasteiger partial charge is 0.222 e. The first-order chi connectivity index (χ1) is 7.26. The minimum atomic E-state index is 0.308. The standard InChI is InChI=1S/C12H26N2O/c1-3-5-11-14(4-2)12(15)9-7-6-8-10-13/h3-11,13H2,1-2H3. The summed E-state index contributed by atoms with van der Waals surface area (Å²) in [5.74, 6) is 0.308. The summed E-state index contributed by atoms with van der Waals surface area (Å²) >= 11 is 0. The fourth-order valence-electron chi connectivity index (χ4n) is 1.56. The third kappa shape index (κ3) is 7.37. The highest BCUT2D eigenvalue weighted by Crippen LogP contribution is 2.04. The molecule has 3 heteroatoms. The summed E-state index contributed by atoms with van der Waals surface area (Å²) in [6.45, 7) is 6.70. The van der Waals surface area contributed by atoms with Crippen LogP contribution in [0.25, 0.3) is 0 Å². The molecule has 0 saturated carbocycles. The average molecular weight is 214 g/mol. The highest BCUT2D eigenvalue weighted by Gasteiger charge is 2.09. The van der Waals surface area contributed by atoms with Gasteiger partial charge < -0.3 is 10.6 Å². The molecule has 3 nitrogen and oxygen atoms in total. The first-order valence-corrected chi connectivity index (χ1v) is 6.24. The Morgan fingerprint density at radius 1 is 1.13 bits per heavy atom. The molecule has 0 aliphatic heterocycles. The first-order valence-electron chi connectivity index (χ1n) is 6.24. The van der Waals surface area contributed by atoms with Gasteiger partial charge in [0.05, 0.1) is 0 Å². The number of carbonyl (C=O) groups excluding carboxylic acids is 1. The third-order valence-electron chi connectivity index (χ3n) is 2.61. The van der Waals surface area contributed by atoms with Crippen LogP contribution in [0.4, 0.5) is 0 Å². The van der Waals surface area contributed by atoms with Crippen LogP contribution in [-0.4, -0.2) is 30.4 Å². The summed E-state index contributed by atoms with van der Waals surface area (Å²) < 4.78 is 0. The van der Waals surface area contributed by atoms with Crippen molar-refractivity contribution < 1.29 is 4.79 Å². The van der Waals surface area contributed by atoms with Gasteiger partial charge in [0.1, 0.15) is 0 Å². The Morgan fingerprint density at radius 2 is 1.87 bits per heavy atom. The van der Waals surface area contributed by atoms with Gasteiger partial charge in [-0.2, -0.15) is 0 Å². The minimum Gasteiger partial charge on any atom is -0.343 e. The zero-order valence-corrected chi connectivity index (χ0v) is 10.3. The molecule has 1 amide bonds. The van der Waals surface area contributed by atoms with Crippen molar-refractivity contribution in [1.29, 1.82) is 0 Å². The number of nitrogens with two attached hydrogens (primary N) is 1. The van der Waals surface area contributed by atoms with Crippen molar-refractivity contribution in [2.45, 2.75) is 52.4 Å². The molecule has 0 spiro atoms. The van der Waals surface area contributed by atoms with Gasteiger partial charge in [-0.05, 0) is 32.7 Å². The maximum Gasteiger partial charge on any atom is 0.222 e. The van der Waals surface area contributed by atoms with Gasteiger partial charge in [-0.25, -0.2) is 0 Å². The first kappa shape index (κ1) is 14.4. The number of rotatable bonds is 9. The zero-order valence-electron chi connectivity index (χ0n) is 10.3. The van der Waals surface area contributed by atoms with Crippen molar-refractivity contribution in [1.82, 2.24) is 4.90 Å². The normalized spacial score (nSPS) is 10.3. The molecule has 0 unspecified atom stereocenters. The van der Waals surface area contributed by atoms with E-state index in [0.29, 0.717) is 12.3 Å². The van der Waals surface area contributed by atoms with E-state index in [0.717, 1.165) is 51.7 Å². The summed E-state index contributed by atoms with van der Waals surface area (Å²) in [6, 6.07) is 0. The lowest BCUT2D eigenvalue weighted by atomic mass is 10.1. The van der Waals surface area contributed by atoms with Crippen molar-refractivity contribution >= 4 is 5.91 Å². The number of hydrogen-bond acceptors (Lipinski definition) is 2. The molecule has 0 heterocycles. The van der Waals surface area contributed by atoms with Crippen molar-refractivity contribution in [2.75, 3.05) is 19.6 Å². The molecule has 2 N–H and O–H groups in total. The van der Waals surface area contributed by atoms with E-state index >= 15 is 0 Å². The average Bonchev–Trinajstić information content (AvgIpc) is 2.25.